The topological polar surface area (TPSA) is 101 Å². The molecule has 1 saturated heterocycles. The molecule has 1 N–H and O–H groups in total. The van der Waals surface area contributed by atoms with Gasteiger partial charge in [0.15, 0.2) is 0 Å². The number of rotatable bonds is 5. The van der Waals surface area contributed by atoms with Crippen molar-refractivity contribution in [3.63, 3.8) is 0 Å². The second kappa shape index (κ2) is 11.0. The highest BCUT2D eigenvalue weighted by atomic mass is 32.2. The quantitative estimate of drug-likeness (QED) is 0.238. The molecular formula is C32H21F3N4O4S2. The maximum atomic E-state index is 13.9. The number of aromatic nitrogens is 2. The summed E-state index contributed by atoms with van der Waals surface area (Å²) in [7, 11) is 0. The van der Waals surface area contributed by atoms with Gasteiger partial charge in [0.05, 0.1) is 22.2 Å². The minimum Gasteiger partial charge on any atom is -0.325 e. The van der Waals surface area contributed by atoms with Crippen LogP contribution in [0.5, 0.6) is 0 Å². The lowest BCUT2D eigenvalue weighted by Gasteiger charge is -2.30. The van der Waals surface area contributed by atoms with Gasteiger partial charge >= 0.3 is 11.0 Å². The second-order valence-electron chi connectivity index (χ2n) is 10.6. The zero-order valence-electron chi connectivity index (χ0n) is 23.0. The number of hydrogen-bond acceptors (Lipinski definition) is 7. The van der Waals surface area contributed by atoms with Crippen molar-refractivity contribution in [2.45, 2.75) is 28.9 Å². The maximum absolute atomic E-state index is 13.9. The average molecular weight is 647 g/mol. The zero-order valence-corrected chi connectivity index (χ0v) is 24.7. The lowest BCUT2D eigenvalue weighted by Crippen LogP contribution is -2.33. The Labute approximate surface area is 261 Å². The van der Waals surface area contributed by atoms with E-state index in [-0.39, 0.29) is 6.54 Å². The van der Waals surface area contributed by atoms with Gasteiger partial charge in [0.1, 0.15) is 11.8 Å². The summed E-state index contributed by atoms with van der Waals surface area (Å²) in [5.74, 6) is -4.05. The molecule has 2 aromatic heterocycles. The second-order valence-corrected chi connectivity index (χ2v) is 12.7. The van der Waals surface area contributed by atoms with E-state index in [4.69, 9.17) is 0 Å². The summed E-state index contributed by atoms with van der Waals surface area (Å²) in [4.78, 5) is 59.1. The molecule has 0 radical (unpaired) electrons. The molecule has 3 atom stereocenters. The molecular weight excluding hydrogens is 626 g/mol. The van der Waals surface area contributed by atoms with E-state index in [0.717, 1.165) is 46.0 Å². The number of nitrogens with one attached hydrogen (secondary N) is 1. The predicted octanol–water partition coefficient (Wildman–Crippen LogP) is 5.91. The normalized spacial score (nSPS) is 19.4. The SMILES string of the molecule is O=C(Cn1c2c(sc1=O)[C@H](c1cccnc1)C1C(=O)N(c3ccccc3C(F)(F)F)C(=O)C1S2)Nc1ccc2ccccc2c1. The minimum atomic E-state index is -4.81. The van der Waals surface area contributed by atoms with E-state index in [2.05, 4.69) is 10.3 Å². The zero-order chi connectivity index (χ0) is 31.5. The van der Waals surface area contributed by atoms with Crippen molar-refractivity contribution < 1.29 is 27.6 Å². The molecule has 2 unspecified atom stereocenters. The molecule has 0 saturated carbocycles. The summed E-state index contributed by atoms with van der Waals surface area (Å²) in [6, 6.07) is 20.9. The molecule has 226 valence electrons. The highest BCUT2D eigenvalue weighted by molar-refractivity contribution is 8.00. The Balaban J connectivity index is 1.27. The van der Waals surface area contributed by atoms with Crippen LogP contribution < -0.4 is 15.1 Å². The summed E-state index contributed by atoms with van der Waals surface area (Å²) in [5.41, 5.74) is -0.594. The fourth-order valence-corrected chi connectivity index (χ4v) is 8.70. The third kappa shape index (κ3) is 5.01. The molecule has 0 aliphatic carbocycles. The number of halogens is 3. The molecule has 3 amide bonds. The van der Waals surface area contributed by atoms with Crippen molar-refractivity contribution in [2.75, 3.05) is 10.2 Å². The molecule has 45 heavy (non-hydrogen) atoms. The lowest BCUT2D eigenvalue weighted by molar-refractivity contribution is -0.137. The number of carbonyl (C=O) groups is 3. The van der Waals surface area contributed by atoms with Crippen LogP contribution in [0.25, 0.3) is 10.8 Å². The molecule has 0 bridgehead atoms. The summed E-state index contributed by atoms with van der Waals surface area (Å²) in [6.45, 7) is -0.371. The van der Waals surface area contributed by atoms with Crippen molar-refractivity contribution in [3.8, 4) is 0 Å². The predicted molar refractivity (Wildman–Crippen MR) is 164 cm³/mol. The standard InChI is InChI=1S/C32H21F3N4O4S2/c33-32(34,35)21-9-3-4-10-22(21)39-28(41)25-24(19-8-5-13-36-15-19)27-30(44-26(25)29(39)42)38(31(43)45-27)16-23(40)37-20-12-11-17-6-1-2-7-18(17)14-20/h1-15,24-26H,16H2,(H,37,40)/t24-,25?,26?/m1/s1. The van der Waals surface area contributed by atoms with Gasteiger partial charge in [-0.1, -0.05) is 71.6 Å². The number of carbonyl (C=O) groups excluding carboxylic acids is 3. The Morgan fingerprint density at radius 2 is 1.67 bits per heavy atom. The van der Waals surface area contributed by atoms with Gasteiger partial charge in [-0.25, -0.2) is 4.90 Å². The van der Waals surface area contributed by atoms with Crippen LogP contribution in [0.15, 0.2) is 101 Å². The van der Waals surface area contributed by atoms with E-state index >= 15 is 0 Å². The van der Waals surface area contributed by atoms with Gasteiger partial charge in [0.2, 0.25) is 17.7 Å². The fourth-order valence-electron chi connectivity index (χ4n) is 5.93. The third-order valence-corrected chi connectivity index (χ3v) is 10.5. The number of para-hydroxylation sites is 1. The summed E-state index contributed by atoms with van der Waals surface area (Å²) in [5, 5.41) is 3.91. The number of benzene rings is 3. The van der Waals surface area contributed by atoms with Gasteiger partial charge in [0.25, 0.3) is 0 Å². The van der Waals surface area contributed by atoms with E-state index in [1.807, 2.05) is 36.4 Å². The molecule has 1 fully saturated rings. The van der Waals surface area contributed by atoms with E-state index in [1.165, 1.54) is 29.1 Å². The van der Waals surface area contributed by atoms with E-state index in [0.29, 0.717) is 26.1 Å². The number of amides is 3. The first-order chi connectivity index (χ1) is 21.6. The van der Waals surface area contributed by atoms with Gasteiger partial charge < -0.3 is 5.32 Å². The first kappa shape index (κ1) is 29.0. The third-order valence-electron chi connectivity index (χ3n) is 7.88. The van der Waals surface area contributed by atoms with E-state index in [9.17, 15) is 32.3 Å². The fraction of sp³-hybridized carbons (Fsp3) is 0.156. The van der Waals surface area contributed by atoms with Crippen LogP contribution in [-0.2, 0) is 27.1 Å². The first-order valence-electron chi connectivity index (χ1n) is 13.7. The van der Waals surface area contributed by atoms with E-state index in [1.54, 1.807) is 18.2 Å². The van der Waals surface area contributed by atoms with Crippen molar-refractivity contribution in [1.82, 2.24) is 9.55 Å². The number of anilines is 2. The molecule has 3 aromatic carbocycles. The van der Waals surface area contributed by atoms with E-state index < -0.39 is 57.1 Å². The van der Waals surface area contributed by atoms with Crippen LogP contribution in [0, 0.1) is 5.92 Å². The number of pyridine rings is 1. The van der Waals surface area contributed by atoms with Gasteiger partial charge in [-0.2, -0.15) is 13.2 Å². The van der Waals surface area contributed by atoms with Gasteiger partial charge in [-0.3, -0.25) is 28.7 Å². The summed E-state index contributed by atoms with van der Waals surface area (Å²) >= 11 is 1.77. The van der Waals surface area contributed by atoms with Crippen LogP contribution in [0.4, 0.5) is 24.5 Å². The number of imide groups is 1. The number of thioether (sulfide) groups is 1. The largest absolute Gasteiger partial charge is 0.418 e. The van der Waals surface area contributed by atoms with Crippen LogP contribution in [0.2, 0.25) is 0 Å². The Morgan fingerprint density at radius 3 is 2.42 bits per heavy atom. The van der Waals surface area contributed by atoms with Crippen LogP contribution in [0.3, 0.4) is 0 Å². The Kier molecular flexibility index (Phi) is 7.09. The summed E-state index contributed by atoms with van der Waals surface area (Å²) < 4.78 is 43.1. The highest BCUT2D eigenvalue weighted by Crippen LogP contribution is 2.54. The molecule has 2 aliphatic rings. The van der Waals surface area contributed by atoms with Crippen LogP contribution in [-0.4, -0.2) is 32.5 Å². The maximum Gasteiger partial charge on any atom is 0.418 e. The van der Waals surface area contributed by atoms with Crippen molar-refractivity contribution in [1.29, 1.82) is 0 Å². The Morgan fingerprint density at radius 1 is 0.911 bits per heavy atom. The molecule has 8 nitrogen and oxygen atoms in total. The minimum absolute atomic E-state index is 0.320. The van der Waals surface area contributed by atoms with Gasteiger partial charge in [-0.15, -0.1) is 0 Å². The molecule has 5 aromatic rings. The van der Waals surface area contributed by atoms with Crippen molar-refractivity contribution >= 4 is 63.0 Å². The molecule has 13 heteroatoms. The number of hydrogen-bond donors (Lipinski definition) is 1. The molecule has 4 heterocycles. The first-order valence-corrected chi connectivity index (χ1v) is 15.4. The number of fused-ring (bicyclic) bond motifs is 3. The molecule has 7 rings (SSSR count). The Hall–Kier alpha value is -4.75. The van der Waals surface area contributed by atoms with Crippen LogP contribution in [0.1, 0.15) is 21.9 Å². The number of nitrogens with zero attached hydrogens (tertiary/aromatic N) is 3. The Bertz CT molecular complexity index is 2060. The highest BCUT2D eigenvalue weighted by Gasteiger charge is 2.57. The van der Waals surface area contributed by atoms with Gasteiger partial charge in [0, 0.05) is 28.9 Å². The molecule has 0 spiro atoms. The number of alkyl halides is 3. The van der Waals surface area contributed by atoms with Crippen LogP contribution >= 0.6 is 23.1 Å². The van der Waals surface area contributed by atoms with Crippen molar-refractivity contribution in [2.24, 2.45) is 5.92 Å². The monoisotopic (exact) mass is 646 g/mol. The average Bonchev–Trinajstić information content (AvgIpc) is 3.47. The summed E-state index contributed by atoms with van der Waals surface area (Å²) in [6.07, 6.45) is -1.78. The number of thiazole rings is 1. The lowest BCUT2D eigenvalue weighted by atomic mass is 9.84. The smallest absolute Gasteiger partial charge is 0.325 e. The van der Waals surface area contributed by atoms with Gasteiger partial charge in [-0.05, 0) is 46.7 Å². The van der Waals surface area contributed by atoms with Crippen molar-refractivity contribution in [3.05, 3.63) is 117 Å². The molecule has 2 aliphatic heterocycles.